The Morgan fingerprint density at radius 3 is 2.36 bits per heavy atom. The number of rotatable bonds is 3. The molecule has 144 valence electrons. The van der Waals surface area contributed by atoms with Crippen molar-refractivity contribution in [2.45, 2.75) is 6.54 Å². The molecule has 2 aromatic carbocycles. The van der Waals surface area contributed by atoms with Gasteiger partial charge in [0.05, 0.1) is 10.9 Å². The van der Waals surface area contributed by atoms with Gasteiger partial charge >= 0.3 is 5.69 Å². The first kappa shape index (κ1) is 18.0. The number of hydrogen-bond acceptors (Lipinski definition) is 4. The number of halogens is 1. The highest BCUT2D eigenvalue weighted by molar-refractivity contribution is 5.79. The molecule has 0 saturated carbocycles. The second-order valence-corrected chi connectivity index (χ2v) is 6.71. The summed E-state index contributed by atoms with van der Waals surface area (Å²) in [5, 5.41) is 0.371. The van der Waals surface area contributed by atoms with Gasteiger partial charge in [0.2, 0.25) is 5.91 Å². The van der Waals surface area contributed by atoms with Gasteiger partial charge in [-0.25, -0.2) is 9.18 Å². The molecular weight excluding hydrogens is 363 g/mol. The fraction of sp³-hybridized carbons (Fsp3) is 0.250. The Kier molecular flexibility index (Phi) is 4.68. The second kappa shape index (κ2) is 7.30. The minimum absolute atomic E-state index is 0.276. The van der Waals surface area contributed by atoms with E-state index in [-0.39, 0.29) is 18.3 Å². The molecule has 2 heterocycles. The first-order valence-electron chi connectivity index (χ1n) is 9.03. The molecule has 1 aliphatic heterocycles. The average Bonchev–Trinajstić information content (AvgIpc) is 2.72. The third-order valence-electron chi connectivity index (χ3n) is 5.01. The van der Waals surface area contributed by atoms with E-state index in [9.17, 15) is 18.8 Å². The van der Waals surface area contributed by atoms with Crippen LogP contribution in [0.4, 0.5) is 10.1 Å². The van der Waals surface area contributed by atoms with Crippen LogP contribution in [0.2, 0.25) is 0 Å². The van der Waals surface area contributed by atoms with Crippen LogP contribution in [0.1, 0.15) is 0 Å². The minimum Gasteiger partial charge on any atom is -0.368 e. The van der Waals surface area contributed by atoms with E-state index in [1.54, 1.807) is 41.3 Å². The molecule has 1 amide bonds. The molecule has 1 N–H and O–H groups in total. The molecule has 1 aliphatic rings. The van der Waals surface area contributed by atoms with Crippen LogP contribution in [-0.2, 0) is 11.3 Å². The zero-order valence-electron chi connectivity index (χ0n) is 15.1. The molecule has 7 nitrogen and oxygen atoms in total. The number of nitrogens with zero attached hydrogens (tertiary/aromatic N) is 3. The van der Waals surface area contributed by atoms with E-state index in [1.165, 1.54) is 12.1 Å². The summed E-state index contributed by atoms with van der Waals surface area (Å²) in [6, 6.07) is 12.9. The predicted octanol–water partition coefficient (Wildman–Crippen LogP) is 1.18. The van der Waals surface area contributed by atoms with Crippen molar-refractivity contribution in [3.8, 4) is 0 Å². The summed E-state index contributed by atoms with van der Waals surface area (Å²) in [7, 11) is 0. The number of carbonyl (C=O) groups excluding carboxylic acids is 1. The first-order chi connectivity index (χ1) is 13.5. The molecule has 4 rings (SSSR count). The van der Waals surface area contributed by atoms with Gasteiger partial charge in [0, 0.05) is 31.9 Å². The smallest absolute Gasteiger partial charge is 0.329 e. The Bertz CT molecular complexity index is 1130. The van der Waals surface area contributed by atoms with Crippen LogP contribution in [0.25, 0.3) is 10.9 Å². The maximum absolute atomic E-state index is 13.1. The van der Waals surface area contributed by atoms with Crippen LogP contribution in [0.3, 0.4) is 0 Å². The Morgan fingerprint density at radius 1 is 0.964 bits per heavy atom. The molecule has 0 radical (unpaired) electrons. The van der Waals surface area contributed by atoms with Crippen LogP contribution in [0.15, 0.2) is 58.1 Å². The van der Waals surface area contributed by atoms with E-state index in [2.05, 4.69) is 9.88 Å². The average molecular weight is 382 g/mol. The lowest BCUT2D eigenvalue weighted by Gasteiger charge is -2.36. The Hall–Kier alpha value is -3.42. The fourth-order valence-electron chi connectivity index (χ4n) is 3.44. The predicted molar refractivity (Wildman–Crippen MR) is 104 cm³/mol. The second-order valence-electron chi connectivity index (χ2n) is 6.71. The van der Waals surface area contributed by atoms with Crippen molar-refractivity contribution in [3.63, 3.8) is 0 Å². The number of anilines is 1. The van der Waals surface area contributed by atoms with Crippen molar-refractivity contribution in [1.29, 1.82) is 0 Å². The zero-order chi connectivity index (χ0) is 19.7. The Morgan fingerprint density at radius 2 is 1.64 bits per heavy atom. The van der Waals surface area contributed by atoms with Crippen molar-refractivity contribution in [3.05, 3.63) is 75.2 Å². The van der Waals surface area contributed by atoms with Gasteiger partial charge in [0.1, 0.15) is 12.4 Å². The standard InChI is InChI=1S/C20H19FN4O3/c21-14-5-7-15(8-6-14)23-9-11-24(12-10-23)18(26)13-25-19(27)16-3-1-2-4-17(16)22-20(25)28/h1-8H,9-13H2,(H,22,28). The molecule has 0 bridgehead atoms. The minimum atomic E-state index is -0.595. The molecular formula is C20H19FN4O3. The van der Waals surface area contributed by atoms with Crippen molar-refractivity contribution >= 4 is 22.5 Å². The normalized spacial score (nSPS) is 14.5. The molecule has 1 fully saturated rings. The number of fused-ring (bicyclic) bond motifs is 1. The SMILES string of the molecule is O=C(Cn1c(=O)[nH]c2ccccc2c1=O)N1CCN(c2ccc(F)cc2)CC1. The lowest BCUT2D eigenvalue weighted by Crippen LogP contribution is -2.51. The molecule has 1 saturated heterocycles. The number of nitrogens with one attached hydrogen (secondary N) is 1. The van der Waals surface area contributed by atoms with Crippen molar-refractivity contribution in [1.82, 2.24) is 14.5 Å². The van der Waals surface area contributed by atoms with E-state index >= 15 is 0 Å². The summed E-state index contributed by atoms with van der Waals surface area (Å²) in [4.78, 5) is 43.8. The van der Waals surface area contributed by atoms with E-state index in [0.717, 1.165) is 10.3 Å². The van der Waals surface area contributed by atoms with Crippen LogP contribution < -0.4 is 16.1 Å². The maximum atomic E-state index is 13.1. The van der Waals surface area contributed by atoms with Crippen molar-refractivity contribution in [2.24, 2.45) is 0 Å². The van der Waals surface area contributed by atoms with Gasteiger partial charge in [-0.15, -0.1) is 0 Å². The Balaban J connectivity index is 1.47. The molecule has 8 heteroatoms. The number of para-hydroxylation sites is 1. The van der Waals surface area contributed by atoms with E-state index in [4.69, 9.17) is 0 Å². The number of benzene rings is 2. The largest absolute Gasteiger partial charge is 0.368 e. The van der Waals surface area contributed by atoms with Gasteiger partial charge in [-0.2, -0.15) is 0 Å². The lowest BCUT2D eigenvalue weighted by atomic mass is 10.2. The summed E-state index contributed by atoms with van der Waals surface area (Å²) in [6.07, 6.45) is 0. The van der Waals surface area contributed by atoms with Gasteiger partial charge in [-0.1, -0.05) is 12.1 Å². The number of amides is 1. The zero-order valence-corrected chi connectivity index (χ0v) is 15.1. The van der Waals surface area contributed by atoms with Crippen LogP contribution >= 0.6 is 0 Å². The summed E-state index contributed by atoms with van der Waals surface area (Å²) < 4.78 is 14.0. The van der Waals surface area contributed by atoms with Crippen molar-refractivity contribution < 1.29 is 9.18 Å². The van der Waals surface area contributed by atoms with Crippen LogP contribution in [0.5, 0.6) is 0 Å². The van der Waals surface area contributed by atoms with Gasteiger partial charge in [0.15, 0.2) is 0 Å². The van der Waals surface area contributed by atoms with Crippen LogP contribution in [-0.4, -0.2) is 46.5 Å². The van der Waals surface area contributed by atoms with E-state index < -0.39 is 11.2 Å². The summed E-state index contributed by atoms with van der Waals surface area (Å²) >= 11 is 0. The summed E-state index contributed by atoms with van der Waals surface area (Å²) in [6.45, 7) is 1.84. The molecule has 0 aliphatic carbocycles. The summed E-state index contributed by atoms with van der Waals surface area (Å²) in [5.74, 6) is -0.565. The Labute approximate surface area is 159 Å². The molecule has 0 unspecified atom stereocenters. The van der Waals surface area contributed by atoms with Crippen molar-refractivity contribution in [2.75, 3.05) is 31.1 Å². The van der Waals surface area contributed by atoms with E-state index in [1.807, 2.05) is 0 Å². The lowest BCUT2D eigenvalue weighted by molar-refractivity contribution is -0.132. The highest BCUT2D eigenvalue weighted by Gasteiger charge is 2.22. The van der Waals surface area contributed by atoms with Gasteiger partial charge in [-0.05, 0) is 36.4 Å². The highest BCUT2D eigenvalue weighted by Crippen LogP contribution is 2.17. The number of H-pyrrole nitrogens is 1. The molecule has 0 spiro atoms. The quantitative estimate of drug-likeness (QED) is 0.738. The number of aromatic nitrogens is 2. The monoisotopic (exact) mass is 382 g/mol. The maximum Gasteiger partial charge on any atom is 0.329 e. The summed E-state index contributed by atoms with van der Waals surface area (Å²) in [5.41, 5.74) is 0.282. The number of hydrogen-bond donors (Lipinski definition) is 1. The topological polar surface area (TPSA) is 78.4 Å². The third-order valence-corrected chi connectivity index (χ3v) is 5.01. The number of carbonyl (C=O) groups is 1. The molecule has 28 heavy (non-hydrogen) atoms. The molecule has 3 aromatic rings. The number of aromatic amines is 1. The molecule has 0 atom stereocenters. The first-order valence-corrected chi connectivity index (χ1v) is 9.03. The molecule has 1 aromatic heterocycles. The highest BCUT2D eigenvalue weighted by atomic mass is 19.1. The van der Waals surface area contributed by atoms with E-state index in [0.29, 0.717) is 37.1 Å². The fourth-order valence-corrected chi connectivity index (χ4v) is 3.44. The van der Waals surface area contributed by atoms with Gasteiger partial charge in [0.25, 0.3) is 5.56 Å². The van der Waals surface area contributed by atoms with Crippen LogP contribution in [0, 0.1) is 5.82 Å². The third kappa shape index (κ3) is 3.40. The number of piperazine rings is 1. The van der Waals surface area contributed by atoms with Gasteiger partial charge in [-0.3, -0.25) is 14.2 Å². The van der Waals surface area contributed by atoms with Gasteiger partial charge < -0.3 is 14.8 Å².